The predicted molar refractivity (Wildman–Crippen MR) is 72.2 cm³/mol. The molecule has 1 aromatic heterocycles. The van der Waals surface area contributed by atoms with Crippen molar-refractivity contribution in [1.29, 1.82) is 0 Å². The topological polar surface area (TPSA) is 73.6 Å². The van der Waals surface area contributed by atoms with Crippen molar-refractivity contribution in [3.05, 3.63) is 41.2 Å². The van der Waals surface area contributed by atoms with Crippen molar-refractivity contribution < 1.29 is 19.4 Å². The Bertz CT molecular complexity index is 634. The Hall–Kier alpha value is -2.50. The Morgan fingerprint density at radius 1 is 1.40 bits per heavy atom. The molecule has 0 bridgehead atoms. The van der Waals surface area contributed by atoms with Crippen LogP contribution >= 0.6 is 0 Å². The Labute approximate surface area is 116 Å². The second kappa shape index (κ2) is 5.64. The number of hydrogen-bond acceptors (Lipinski definition) is 4. The van der Waals surface area contributed by atoms with Crippen molar-refractivity contribution in [1.82, 2.24) is 9.78 Å². The van der Waals surface area contributed by atoms with Crippen molar-refractivity contribution in [2.75, 3.05) is 7.11 Å². The molecule has 0 saturated heterocycles. The van der Waals surface area contributed by atoms with Crippen LogP contribution in [0, 0.1) is 6.92 Å². The van der Waals surface area contributed by atoms with E-state index < -0.39 is 5.97 Å². The van der Waals surface area contributed by atoms with Gasteiger partial charge in [0.25, 0.3) is 0 Å². The van der Waals surface area contributed by atoms with Crippen molar-refractivity contribution >= 4 is 5.97 Å². The fourth-order valence-electron chi connectivity index (χ4n) is 1.88. The number of carboxylic acids is 1. The molecule has 1 N–H and O–H groups in total. The number of benzene rings is 1. The molecule has 0 amide bonds. The first-order valence-corrected chi connectivity index (χ1v) is 6.05. The molecule has 0 saturated carbocycles. The van der Waals surface area contributed by atoms with Gasteiger partial charge in [-0.2, -0.15) is 5.10 Å². The van der Waals surface area contributed by atoms with E-state index in [0.717, 1.165) is 11.4 Å². The molecule has 0 spiro atoms. The molecule has 2 rings (SSSR count). The van der Waals surface area contributed by atoms with E-state index in [-0.39, 0.29) is 17.9 Å². The molecule has 0 unspecified atom stereocenters. The fourth-order valence-corrected chi connectivity index (χ4v) is 1.88. The quantitative estimate of drug-likeness (QED) is 0.904. The highest BCUT2D eigenvalue weighted by Gasteiger charge is 2.13. The van der Waals surface area contributed by atoms with Crippen LogP contribution in [-0.4, -0.2) is 28.0 Å². The lowest BCUT2D eigenvalue weighted by atomic mass is 10.2. The van der Waals surface area contributed by atoms with Gasteiger partial charge in [0.1, 0.15) is 23.7 Å². The molecular weight excluding hydrogens is 260 g/mol. The first-order valence-electron chi connectivity index (χ1n) is 6.05. The second-order valence-electron chi connectivity index (χ2n) is 4.36. The Morgan fingerprint density at radius 3 is 2.70 bits per heavy atom. The molecule has 0 fully saturated rings. The minimum atomic E-state index is -1.04. The summed E-state index contributed by atoms with van der Waals surface area (Å²) < 4.78 is 12.4. The highest BCUT2D eigenvalue weighted by atomic mass is 16.5. The average molecular weight is 276 g/mol. The fraction of sp³-hybridized carbons (Fsp3) is 0.286. The first-order chi connectivity index (χ1) is 9.51. The Balaban J connectivity index is 2.23. The highest BCUT2D eigenvalue weighted by molar-refractivity contribution is 5.91. The number of carbonyl (C=O) groups is 1. The van der Waals surface area contributed by atoms with Crippen LogP contribution in [0.15, 0.2) is 24.3 Å². The molecule has 1 aromatic carbocycles. The van der Waals surface area contributed by atoms with E-state index in [0.29, 0.717) is 5.75 Å². The van der Waals surface area contributed by atoms with Crippen molar-refractivity contribution in [3.63, 3.8) is 0 Å². The van der Waals surface area contributed by atoms with Crippen LogP contribution in [0.25, 0.3) is 0 Å². The number of nitrogens with zero attached hydrogens (tertiary/aromatic N) is 2. The summed E-state index contributed by atoms with van der Waals surface area (Å²) in [7, 11) is 3.33. The molecule has 0 radical (unpaired) electrons. The number of carboxylic acid groups (broad SMARTS) is 1. The normalized spacial score (nSPS) is 10.3. The van der Waals surface area contributed by atoms with Crippen molar-refractivity contribution in [2.45, 2.75) is 13.5 Å². The van der Waals surface area contributed by atoms with Gasteiger partial charge in [-0.25, -0.2) is 4.79 Å². The number of ether oxygens (including phenoxy) is 2. The second-order valence-corrected chi connectivity index (χ2v) is 4.36. The third-order valence-corrected chi connectivity index (χ3v) is 2.89. The summed E-state index contributed by atoms with van der Waals surface area (Å²) in [5, 5.41) is 13.4. The van der Waals surface area contributed by atoms with Crippen LogP contribution in [0.4, 0.5) is 0 Å². The maximum Gasteiger partial charge on any atom is 0.339 e. The lowest BCUT2D eigenvalue weighted by molar-refractivity contribution is 0.0691. The van der Waals surface area contributed by atoms with Gasteiger partial charge in [-0.1, -0.05) is 0 Å². The zero-order valence-corrected chi connectivity index (χ0v) is 11.6. The van der Waals surface area contributed by atoms with Gasteiger partial charge >= 0.3 is 5.97 Å². The molecule has 6 nitrogen and oxygen atoms in total. The summed E-state index contributed by atoms with van der Waals surface area (Å²) in [5.41, 5.74) is 1.85. The molecule has 0 aliphatic rings. The third kappa shape index (κ3) is 2.90. The maximum absolute atomic E-state index is 11.2. The molecule has 20 heavy (non-hydrogen) atoms. The molecule has 0 aliphatic carbocycles. The minimum Gasteiger partial charge on any atom is -0.497 e. The largest absolute Gasteiger partial charge is 0.497 e. The number of aromatic carboxylic acids is 1. The lowest BCUT2D eigenvalue weighted by Gasteiger charge is -2.10. The van der Waals surface area contributed by atoms with Crippen LogP contribution in [0.1, 0.15) is 21.7 Å². The monoisotopic (exact) mass is 276 g/mol. The number of rotatable bonds is 5. The van der Waals surface area contributed by atoms with Gasteiger partial charge in [0.05, 0.1) is 18.5 Å². The van der Waals surface area contributed by atoms with E-state index in [1.54, 1.807) is 16.8 Å². The van der Waals surface area contributed by atoms with Gasteiger partial charge in [-0.05, 0) is 25.1 Å². The number of aryl methyl sites for hydroxylation is 2. The number of methoxy groups -OCH3 is 1. The number of aromatic nitrogens is 2. The maximum atomic E-state index is 11.2. The van der Waals surface area contributed by atoms with Crippen molar-refractivity contribution in [3.8, 4) is 11.5 Å². The standard InChI is InChI=1S/C14H16N2O4/c1-9-6-10(16(2)15-9)8-20-13-7-11(19-3)4-5-12(13)14(17)18/h4-7H,8H2,1-3H3,(H,17,18). The molecule has 6 heteroatoms. The molecular formula is C14H16N2O4. The average Bonchev–Trinajstić information content (AvgIpc) is 2.74. The van der Waals surface area contributed by atoms with E-state index in [2.05, 4.69) is 5.10 Å². The Kier molecular flexibility index (Phi) is 3.93. The third-order valence-electron chi connectivity index (χ3n) is 2.89. The van der Waals surface area contributed by atoms with E-state index in [1.807, 2.05) is 20.0 Å². The lowest BCUT2D eigenvalue weighted by Crippen LogP contribution is -2.06. The van der Waals surface area contributed by atoms with Crippen molar-refractivity contribution in [2.24, 2.45) is 7.05 Å². The molecule has 2 aromatic rings. The minimum absolute atomic E-state index is 0.102. The van der Waals surface area contributed by atoms with Crippen LogP contribution < -0.4 is 9.47 Å². The summed E-state index contributed by atoms with van der Waals surface area (Å²) in [6.07, 6.45) is 0. The van der Waals surface area contributed by atoms with E-state index >= 15 is 0 Å². The van der Waals surface area contributed by atoms with Crippen LogP contribution in [-0.2, 0) is 13.7 Å². The van der Waals surface area contributed by atoms with Crippen LogP contribution in [0.3, 0.4) is 0 Å². The summed E-state index contributed by atoms with van der Waals surface area (Å²) in [6, 6.07) is 6.50. The highest BCUT2D eigenvalue weighted by Crippen LogP contribution is 2.25. The van der Waals surface area contributed by atoms with E-state index in [9.17, 15) is 4.79 Å². The molecule has 1 heterocycles. The zero-order valence-electron chi connectivity index (χ0n) is 11.6. The van der Waals surface area contributed by atoms with Gasteiger partial charge in [-0.3, -0.25) is 4.68 Å². The summed E-state index contributed by atoms with van der Waals surface area (Å²) in [6.45, 7) is 2.13. The SMILES string of the molecule is COc1ccc(C(=O)O)c(OCc2cc(C)nn2C)c1. The smallest absolute Gasteiger partial charge is 0.339 e. The zero-order chi connectivity index (χ0) is 14.7. The van der Waals surface area contributed by atoms with Crippen LogP contribution in [0.2, 0.25) is 0 Å². The summed E-state index contributed by atoms with van der Waals surface area (Å²) in [5.74, 6) is -0.217. The van der Waals surface area contributed by atoms with Crippen LogP contribution in [0.5, 0.6) is 11.5 Å². The Morgan fingerprint density at radius 2 is 2.15 bits per heavy atom. The van der Waals surface area contributed by atoms with E-state index in [4.69, 9.17) is 14.6 Å². The predicted octanol–water partition coefficient (Wildman–Crippen LogP) is 2.01. The molecule has 0 atom stereocenters. The van der Waals surface area contributed by atoms with E-state index in [1.165, 1.54) is 13.2 Å². The van der Waals surface area contributed by atoms with Gasteiger partial charge in [0.2, 0.25) is 0 Å². The molecule has 106 valence electrons. The van der Waals surface area contributed by atoms with Gasteiger partial charge in [-0.15, -0.1) is 0 Å². The van der Waals surface area contributed by atoms with Gasteiger partial charge < -0.3 is 14.6 Å². The number of hydrogen-bond donors (Lipinski definition) is 1. The van der Waals surface area contributed by atoms with Gasteiger partial charge in [0, 0.05) is 13.1 Å². The molecule has 0 aliphatic heterocycles. The summed E-state index contributed by atoms with van der Waals surface area (Å²) >= 11 is 0. The first kappa shape index (κ1) is 13.9. The van der Waals surface area contributed by atoms with Gasteiger partial charge in [0.15, 0.2) is 0 Å². The summed E-state index contributed by atoms with van der Waals surface area (Å²) in [4.78, 5) is 11.2.